The van der Waals surface area contributed by atoms with Gasteiger partial charge in [0.25, 0.3) is 5.95 Å². The Balaban J connectivity index is 2.77. The first-order chi connectivity index (χ1) is 4.75. The second kappa shape index (κ2) is 2.78. The maximum Gasteiger partial charge on any atom is 0.283 e. The van der Waals surface area contributed by atoms with Crippen molar-refractivity contribution in [3.63, 3.8) is 0 Å². The molecule has 0 aromatic carbocycles. The molecular weight excluding hydrogens is 128 g/mol. The second-order valence-electron chi connectivity index (χ2n) is 2.41. The Labute approximate surface area is 61.1 Å². The molecule has 0 aromatic rings. The van der Waals surface area contributed by atoms with Gasteiger partial charge in [0.05, 0.1) is 13.4 Å². The second-order valence-corrected chi connectivity index (χ2v) is 2.41. The zero-order valence-electron chi connectivity index (χ0n) is 6.55. The van der Waals surface area contributed by atoms with E-state index in [-0.39, 0.29) is 0 Å². The minimum Gasteiger partial charge on any atom is -0.469 e. The first-order valence-electron chi connectivity index (χ1n) is 3.33. The molecule has 0 bridgehead atoms. The van der Waals surface area contributed by atoms with Crippen molar-refractivity contribution in [2.45, 2.75) is 13.8 Å². The molecule has 0 aromatic heterocycles. The zero-order valence-corrected chi connectivity index (χ0v) is 6.55. The summed E-state index contributed by atoms with van der Waals surface area (Å²) in [7, 11) is 1.62. The van der Waals surface area contributed by atoms with E-state index in [1.807, 2.05) is 13.0 Å². The molecular formula is C8H12O2. The average molecular weight is 140 g/mol. The third kappa shape index (κ3) is 1.15. The average Bonchev–Trinajstić information content (AvgIpc) is 1.95. The third-order valence-corrected chi connectivity index (χ3v) is 1.73. The Bertz CT molecular complexity index is 180. The van der Waals surface area contributed by atoms with Gasteiger partial charge in [0.1, 0.15) is 0 Å². The van der Waals surface area contributed by atoms with Crippen molar-refractivity contribution >= 4 is 0 Å². The SMILES string of the molecule is COC1=C(C)C(C)C=CO1. The number of hydrogen-bond donors (Lipinski definition) is 0. The minimum atomic E-state index is 0.434. The summed E-state index contributed by atoms with van der Waals surface area (Å²) in [5.74, 6) is 1.07. The van der Waals surface area contributed by atoms with E-state index in [9.17, 15) is 0 Å². The maximum absolute atomic E-state index is 5.09. The monoisotopic (exact) mass is 140 g/mol. The van der Waals surface area contributed by atoms with E-state index in [2.05, 4.69) is 6.92 Å². The van der Waals surface area contributed by atoms with Crippen LogP contribution in [0.4, 0.5) is 0 Å². The zero-order chi connectivity index (χ0) is 7.56. The van der Waals surface area contributed by atoms with Crippen LogP contribution < -0.4 is 0 Å². The summed E-state index contributed by atoms with van der Waals surface area (Å²) >= 11 is 0. The van der Waals surface area contributed by atoms with Crippen LogP contribution in [0.25, 0.3) is 0 Å². The van der Waals surface area contributed by atoms with Crippen molar-refractivity contribution in [3.05, 3.63) is 23.9 Å². The van der Waals surface area contributed by atoms with Crippen molar-refractivity contribution in [1.82, 2.24) is 0 Å². The molecule has 0 saturated heterocycles. The molecule has 1 atom stereocenters. The number of methoxy groups -OCH3 is 1. The van der Waals surface area contributed by atoms with Gasteiger partial charge in [0, 0.05) is 11.5 Å². The van der Waals surface area contributed by atoms with Crippen LogP contribution in [0.5, 0.6) is 0 Å². The maximum atomic E-state index is 5.09. The van der Waals surface area contributed by atoms with Crippen LogP contribution in [-0.2, 0) is 9.47 Å². The van der Waals surface area contributed by atoms with Gasteiger partial charge in [-0.2, -0.15) is 0 Å². The normalized spacial score (nSPS) is 24.5. The lowest BCUT2D eigenvalue weighted by atomic mass is 10.0. The van der Waals surface area contributed by atoms with Crippen molar-refractivity contribution in [3.8, 4) is 0 Å². The van der Waals surface area contributed by atoms with Crippen molar-refractivity contribution in [1.29, 1.82) is 0 Å². The molecule has 0 radical (unpaired) electrons. The lowest BCUT2D eigenvalue weighted by molar-refractivity contribution is 0.107. The molecule has 0 N–H and O–H groups in total. The summed E-state index contributed by atoms with van der Waals surface area (Å²) in [5.41, 5.74) is 1.14. The molecule has 1 rings (SSSR count). The van der Waals surface area contributed by atoms with Crippen LogP contribution in [0.15, 0.2) is 23.9 Å². The fraction of sp³-hybridized carbons (Fsp3) is 0.500. The van der Waals surface area contributed by atoms with Crippen LogP contribution in [0.1, 0.15) is 13.8 Å². The quantitative estimate of drug-likeness (QED) is 0.555. The molecule has 56 valence electrons. The van der Waals surface area contributed by atoms with Gasteiger partial charge >= 0.3 is 0 Å². The molecule has 2 nitrogen and oxygen atoms in total. The molecule has 0 spiro atoms. The summed E-state index contributed by atoms with van der Waals surface area (Å²) in [6.07, 6.45) is 3.66. The number of allylic oxidation sites excluding steroid dienone is 2. The van der Waals surface area contributed by atoms with Gasteiger partial charge in [0.2, 0.25) is 0 Å². The Morgan fingerprint density at radius 1 is 1.60 bits per heavy atom. The fourth-order valence-electron chi connectivity index (χ4n) is 0.851. The lowest BCUT2D eigenvalue weighted by Gasteiger charge is -2.16. The van der Waals surface area contributed by atoms with Gasteiger partial charge in [-0.3, -0.25) is 0 Å². The van der Waals surface area contributed by atoms with Crippen LogP contribution in [0.3, 0.4) is 0 Å². The van der Waals surface area contributed by atoms with Gasteiger partial charge in [-0.1, -0.05) is 6.92 Å². The molecule has 10 heavy (non-hydrogen) atoms. The van der Waals surface area contributed by atoms with E-state index in [0.717, 1.165) is 5.57 Å². The highest BCUT2D eigenvalue weighted by atomic mass is 16.7. The van der Waals surface area contributed by atoms with E-state index < -0.39 is 0 Å². The first-order valence-corrected chi connectivity index (χ1v) is 3.33. The van der Waals surface area contributed by atoms with Crippen LogP contribution >= 0.6 is 0 Å². The highest BCUT2D eigenvalue weighted by Crippen LogP contribution is 2.21. The summed E-state index contributed by atoms with van der Waals surface area (Å²) in [6.45, 7) is 4.11. The van der Waals surface area contributed by atoms with E-state index in [1.165, 1.54) is 0 Å². The Kier molecular flexibility index (Phi) is 2.00. The molecule has 0 saturated carbocycles. The van der Waals surface area contributed by atoms with Gasteiger partial charge in [-0.25, -0.2) is 0 Å². The van der Waals surface area contributed by atoms with Crippen molar-refractivity contribution in [2.24, 2.45) is 5.92 Å². The largest absolute Gasteiger partial charge is 0.469 e. The van der Waals surface area contributed by atoms with Crippen LogP contribution in [0.2, 0.25) is 0 Å². The summed E-state index contributed by atoms with van der Waals surface area (Å²) < 4.78 is 10.1. The van der Waals surface area contributed by atoms with Gasteiger partial charge in [0.15, 0.2) is 0 Å². The topological polar surface area (TPSA) is 18.5 Å². The molecule has 2 heteroatoms. The highest BCUT2D eigenvalue weighted by molar-refractivity contribution is 5.14. The van der Waals surface area contributed by atoms with Gasteiger partial charge in [-0.05, 0) is 13.0 Å². The van der Waals surface area contributed by atoms with Gasteiger partial charge in [-0.15, -0.1) is 0 Å². The molecule has 1 unspecified atom stereocenters. The summed E-state index contributed by atoms with van der Waals surface area (Å²) in [5, 5.41) is 0. The third-order valence-electron chi connectivity index (χ3n) is 1.73. The fourth-order valence-corrected chi connectivity index (χ4v) is 0.851. The van der Waals surface area contributed by atoms with E-state index in [4.69, 9.17) is 9.47 Å². The van der Waals surface area contributed by atoms with Crippen molar-refractivity contribution < 1.29 is 9.47 Å². The Morgan fingerprint density at radius 2 is 2.30 bits per heavy atom. The molecule has 0 aliphatic carbocycles. The number of hydrogen-bond acceptors (Lipinski definition) is 2. The van der Waals surface area contributed by atoms with E-state index in [1.54, 1.807) is 13.4 Å². The predicted molar refractivity (Wildman–Crippen MR) is 39.1 cm³/mol. The molecule has 1 aliphatic rings. The smallest absolute Gasteiger partial charge is 0.283 e. The van der Waals surface area contributed by atoms with E-state index in [0.29, 0.717) is 11.9 Å². The minimum absolute atomic E-state index is 0.434. The standard InChI is InChI=1S/C8H12O2/c1-6-4-5-10-8(9-3)7(6)2/h4-6H,1-3H3. The molecule has 0 amide bonds. The van der Waals surface area contributed by atoms with Crippen LogP contribution in [-0.4, -0.2) is 7.11 Å². The van der Waals surface area contributed by atoms with Crippen molar-refractivity contribution in [2.75, 3.05) is 7.11 Å². The van der Waals surface area contributed by atoms with E-state index >= 15 is 0 Å². The van der Waals surface area contributed by atoms with Crippen LogP contribution in [0, 0.1) is 5.92 Å². The number of ether oxygens (including phenoxy) is 2. The molecule has 0 fully saturated rings. The highest BCUT2D eigenvalue weighted by Gasteiger charge is 2.12. The summed E-state index contributed by atoms with van der Waals surface area (Å²) in [6, 6.07) is 0. The first kappa shape index (κ1) is 7.19. The molecule has 1 aliphatic heterocycles. The van der Waals surface area contributed by atoms with Gasteiger partial charge < -0.3 is 9.47 Å². The Hall–Kier alpha value is -0.920. The molecule has 1 heterocycles. The summed E-state index contributed by atoms with van der Waals surface area (Å²) in [4.78, 5) is 0. The lowest BCUT2D eigenvalue weighted by Crippen LogP contribution is -2.05. The number of rotatable bonds is 1. The Morgan fingerprint density at radius 3 is 2.80 bits per heavy atom. The predicted octanol–water partition coefficient (Wildman–Crippen LogP) is 2.04.